The van der Waals surface area contributed by atoms with Crippen molar-refractivity contribution in [2.75, 3.05) is 14.2 Å². The highest BCUT2D eigenvalue weighted by Gasteiger charge is 2.14. The number of carbonyl (C=O) groups is 1. The van der Waals surface area contributed by atoms with Gasteiger partial charge in [0.15, 0.2) is 0 Å². The minimum Gasteiger partial charge on any atom is -0.497 e. The van der Waals surface area contributed by atoms with Gasteiger partial charge < -0.3 is 14.6 Å². The molecule has 1 N–H and O–H groups in total. The van der Waals surface area contributed by atoms with Crippen molar-refractivity contribution < 1.29 is 9.53 Å². The molecule has 0 radical (unpaired) electrons. The molecule has 2 heterocycles. The van der Waals surface area contributed by atoms with Gasteiger partial charge in [0.05, 0.1) is 30.8 Å². The average Bonchev–Trinajstić information content (AvgIpc) is 3.13. The highest BCUT2D eigenvalue weighted by Crippen LogP contribution is 2.24. The van der Waals surface area contributed by atoms with Crippen LogP contribution in [0.25, 0.3) is 10.9 Å². The van der Waals surface area contributed by atoms with E-state index in [2.05, 4.69) is 9.97 Å². The zero-order valence-electron chi connectivity index (χ0n) is 13.4. The van der Waals surface area contributed by atoms with Crippen LogP contribution in [0, 0.1) is 6.92 Å². The molecule has 3 aromatic rings. The van der Waals surface area contributed by atoms with Crippen LogP contribution in [0.4, 0.5) is 0 Å². The number of H-pyrrole nitrogens is 1. The number of fused-ring (bicyclic) bond motifs is 1. The Morgan fingerprint density at radius 1 is 1.43 bits per heavy atom. The second-order valence-corrected chi connectivity index (χ2v) is 6.57. The van der Waals surface area contributed by atoms with E-state index in [1.54, 1.807) is 23.3 Å². The van der Waals surface area contributed by atoms with Gasteiger partial charge in [-0.1, -0.05) is 0 Å². The molecule has 0 bridgehead atoms. The number of hydrogen-bond acceptors (Lipinski definition) is 4. The quantitative estimate of drug-likeness (QED) is 0.782. The van der Waals surface area contributed by atoms with Crippen LogP contribution in [-0.4, -0.2) is 34.9 Å². The van der Waals surface area contributed by atoms with Crippen molar-refractivity contribution in [3.8, 4) is 5.75 Å². The molecule has 0 aliphatic rings. The molecule has 0 saturated heterocycles. The first-order chi connectivity index (χ1) is 11.1. The average molecular weight is 329 g/mol. The molecule has 0 aliphatic heterocycles. The summed E-state index contributed by atoms with van der Waals surface area (Å²) < 4.78 is 5.26. The summed E-state index contributed by atoms with van der Waals surface area (Å²) in [5.41, 5.74) is 2.92. The van der Waals surface area contributed by atoms with Gasteiger partial charge in [0.25, 0.3) is 0 Å². The normalized spacial score (nSPS) is 10.9. The van der Waals surface area contributed by atoms with Gasteiger partial charge in [-0.2, -0.15) is 0 Å². The van der Waals surface area contributed by atoms with Crippen molar-refractivity contribution in [1.82, 2.24) is 14.9 Å². The Kier molecular flexibility index (Phi) is 4.34. The predicted molar refractivity (Wildman–Crippen MR) is 91.9 cm³/mol. The summed E-state index contributed by atoms with van der Waals surface area (Å²) >= 11 is 1.60. The smallest absolute Gasteiger partial charge is 0.227 e. The molecule has 6 heteroatoms. The maximum atomic E-state index is 12.5. The largest absolute Gasteiger partial charge is 0.497 e. The van der Waals surface area contributed by atoms with Crippen LogP contribution in [0.3, 0.4) is 0 Å². The summed E-state index contributed by atoms with van der Waals surface area (Å²) in [4.78, 5) is 21.8. The highest BCUT2D eigenvalue weighted by molar-refractivity contribution is 7.09. The summed E-state index contributed by atoms with van der Waals surface area (Å²) in [6.07, 6.45) is 2.25. The summed E-state index contributed by atoms with van der Waals surface area (Å²) in [6, 6.07) is 5.82. The van der Waals surface area contributed by atoms with Crippen LogP contribution in [-0.2, 0) is 17.8 Å². The molecule has 0 unspecified atom stereocenters. The summed E-state index contributed by atoms with van der Waals surface area (Å²) in [5, 5.41) is 4.04. The molecular formula is C17H19N3O2S. The number of thiazole rings is 1. The number of amides is 1. The number of nitrogens with zero attached hydrogens (tertiary/aromatic N) is 2. The molecule has 5 nitrogen and oxygen atoms in total. The first-order valence-corrected chi connectivity index (χ1v) is 8.23. The lowest BCUT2D eigenvalue weighted by Crippen LogP contribution is -2.27. The lowest BCUT2D eigenvalue weighted by atomic mass is 10.1. The number of rotatable bonds is 5. The zero-order chi connectivity index (χ0) is 16.4. The van der Waals surface area contributed by atoms with E-state index in [1.165, 1.54) is 0 Å². The molecular weight excluding hydrogens is 310 g/mol. The second-order valence-electron chi connectivity index (χ2n) is 5.51. The summed E-state index contributed by atoms with van der Waals surface area (Å²) in [7, 11) is 3.45. The fraction of sp³-hybridized carbons (Fsp3) is 0.294. The van der Waals surface area contributed by atoms with E-state index in [9.17, 15) is 4.79 Å². The van der Waals surface area contributed by atoms with E-state index in [0.29, 0.717) is 13.0 Å². The SMILES string of the molecule is COc1ccc2[nH]cc(CC(=O)N(C)Cc3csc(C)n3)c2c1. The van der Waals surface area contributed by atoms with Crippen LogP contribution in [0.5, 0.6) is 5.75 Å². The maximum absolute atomic E-state index is 12.5. The van der Waals surface area contributed by atoms with Gasteiger partial charge in [0, 0.05) is 29.5 Å². The van der Waals surface area contributed by atoms with Crippen LogP contribution in [0.15, 0.2) is 29.8 Å². The molecule has 120 valence electrons. The van der Waals surface area contributed by atoms with Crippen molar-refractivity contribution in [2.24, 2.45) is 0 Å². The topological polar surface area (TPSA) is 58.2 Å². The Bertz CT molecular complexity index is 837. The molecule has 2 aromatic heterocycles. The fourth-order valence-corrected chi connectivity index (χ4v) is 3.14. The predicted octanol–water partition coefficient (Wildman–Crippen LogP) is 3.14. The van der Waals surface area contributed by atoms with Crippen molar-refractivity contribution in [3.63, 3.8) is 0 Å². The lowest BCUT2D eigenvalue weighted by Gasteiger charge is -2.15. The minimum absolute atomic E-state index is 0.0689. The van der Waals surface area contributed by atoms with Gasteiger partial charge in [0.1, 0.15) is 5.75 Å². The van der Waals surface area contributed by atoms with Crippen molar-refractivity contribution in [3.05, 3.63) is 46.0 Å². The van der Waals surface area contributed by atoms with Crippen LogP contribution in [0.1, 0.15) is 16.3 Å². The number of methoxy groups -OCH3 is 1. The van der Waals surface area contributed by atoms with E-state index in [4.69, 9.17) is 4.74 Å². The number of carbonyl (C=O) groups excluding carboxylic acids is 1. The lowest BCUT2D eigenvalue weighted by molar-refractivity contribution is -0.129. The first kappa shape index (κ1) is 15.6. The van der Waals surface area contributed by atoms with E-state index < -0.39 is 0 Å². The number of benzene rings is 1. The number of aromatic amines is 1. The van der Waals surface area contributed by atoms with Gasteiger partial charge >= 0.3 is 0 Å². The fourth-order valence-electron chi connectivity index (χ4n) is 2.54. The Labute approximate surface area is 138 Å². The third-order valence-corrected chi connectivity index (χ3v) is 4.63. The molecule has 3 rings (SSSR count). The van der Waals surface area contributed by atoms with E-state index in [-0.39, 0.29) is 5.91 Å². The van der Waals surface area contributed by atoms with Gasteiger partial charge in [-0.15, -0.1) is 11.3 Å². The number of aryl methyl sites for hydroxylation is 1. The Hall–Kier alpha value is -2.34. The van der Waals surface area contributed by atoms with Crippen molar-refractivity contribution in [2.45, 2.75) is 19.9 Å². The number of likely N-dealkylation sites (N-methyl/N-ethyl adjacent to an activating group) is 1. The standard InChI is InChI=1S/C17H19N3O2S/c1-11-19-13(10-23-11)9-20(2)17(21)6-12-8-18-16-5-4-14(22-3)7-15(12)16/h4-5,7-8,10,18H,6,9H2,1-3H3. The molecule has 1 amide bonds. The molecule has 1 aromatic carbocycles. The monoisotopic (exact) mass is 329 g/mol. The van der Waals surface area contributed by atoms with E-state index in [1.807, 2.05) is 43.7 Å². The third-order valence-electron chi connectivity index (χ3n) is 3.81. The number of nitrogens with one attached hydrogen (secondary N) is 1. The number of aromatic nitrogens is 2. The van der Waals surface area contributed by atoms with Gasteiger partial charge in [-0.05, 0) is 30.7 Å². The Morgan fingerprint density at radius 2 is 2.26 bits per heavy atom. The van der Waals surface area contributed by atoms with Crippen LogP contribution in [0.2, 0.25) is 0 Å². The van der Waals surface area contributed by atoms with Gasteiger partial charge in [-0.25, -0.2) is 4.98 Å². The molecule has 0 spiro atoms. The van der Waals surface area contributed by atoms with E-state index in [0.717, 1.165) is 32.9 Å². The number of hydrogen-bond donors (Lipinski definition) is 1. The van der Waals surface area contributed by atoms with Crippen LogP contribution < -0.4 is 4.74 Å². The molecule has 0 aliphatic carbocycles. The molecule has 0 saturated carbocycles. The van der Waals surface area contributed by atoms with Crippen molar-refractivity contribution in [1.29, 1.82) is 0 Å². The van der Waals surface area contributed by atoms with Crippen LogP contribution >= 0.6 is 11.3 Å². The first-order valence-electron chi connectivity index (χ1n) is 7.36. The maximum Gasteiger partial charge on any atom is 0.227 e. The van der Waals surface area contributed by atoms with Gasteiger partial charge in [0.2, 0.25) is 5.91 Å². The summed E-state index contributed by atoms with van der Waals surface area (Å²) in [5.74, 6) is 0.858. The molecule has 0 atom stereocenters. The summed E-state index contributed by atoms with van der Waals surface area (Å²) in [6.45, 7) is 2.50. The minimum atomic E-state index is 0.0689. The van der Waals surface area contributed by atoms with Gasteiger partial charge in [-0.3, -0.25) is 4.79 Å². The zero-order valence-corrected chi connectivity index (χ0v) is 14.2. The van der Waals surface area contributed by atoms with E-state index >= 15 is 0 Å². The molecule has 23 heavy (non-hydrogen) atoms. The number of ether oxygens (including phenoxy) is 1. The van der Waals surface area contributed by atoms with Crippen molar-refractivity contribution >= 4 is 28.1 Å². The Balaban J connectivity index is 1.74. The Morgan fingerprint density at radius 3 is 2.96 bits per heavy atom. The third kappa shape index (κ3) is 3.37. The molecule has 0 fully saturated rings. The second kappa shape index (κ2) is 6.42. The highest BCUT2D eigenvalue weighted by atomic mass is 32.1.